The van der Waals surface area contributed by atoms with Crippen molar-refractivity contribution < 1.29 is 0 Å². The van der Waals surface area contributed by atoms with E-state index in [-0.39, 0.29) is 0 Å². The van der Waals surface area contributed by atoms with Crippen LogP contribution < -0.4 is 5.32 Å². The molecule has 0 spiro atoms. The van der Waals surface area contributed by atoms with Crippen LogP contribution in [-0.4, -0.2) is 11.5 Å². The number of para-hydroxylation sites is 1. The lowest BCUT2D eigenvalue weighted by Gasteiger charge is -2.09. The summed E-state index contributed by atoms with van der Waals surface area (Å²) in [5, 5.41) is 4.49. The van der Waals surface area contributed by atoms with Crippen LogP contribution in [0.4, 0.5) is 5.69 Å². The molecule has 0 aliphatic carbocycles. The van der Waals surface area contributed by atoms with Gasteiger partial charge in [-0.25, -0.2) is 0 Å². The lowest BCUT2D eigenvalue weighted by atomic mass is 10.1. The average Bonchev–Trinajstić information content (AvgIpc) is 2.29. The summed E-state index contributed by atoms with van der Waals surface area (Å²) in [5.74, 6) is 2.62. The summed E-state index contributed by atoms with van der Waals surface area (Å²) in [6.07, 6.45) is 5.96. The van der Waals surface area contributed by atoms with Crippen molar-refractivity contribution in [3.05, 3.63) is 36.0 Å². The number of terminal acetylenes is 1. The molecule has 1 N–H and O–H groups in total. The number of hydrogen-bond donors (Lipinski definition) is 1. The number of aromatic nitrogens is 1. The highest BCUT2D eigenvalue weighted by Crippen LogP contribution is 2.22. The van der Waals surface area contributed by atoms with Crippen LogP contribution in [0.2, 0.25) is 0 Å². The van der Waals surface area contributed by atoms with Gasteiger partial charge in [0.05, 0.1) is 5.52 Å². The van der Waals surface area contributed by atoms with Gasteiger partial charge in [-0.1, -0.05) is 18.2 Å². The fraction of sp³-hybridized carbons (Fsp3) is 0.214. The minimum Gasteiger partial charge on any atom is -0.383 e. The normalized spacial score (nSPS) is 10.0. The Labute approximate surface area is 95.7 Å². The van der Waals surface area contributed by atoms with Crippen LogP contribution in [0.3, 0.4) is 0 Å². The molecule has 2 rings (SSSR count). The van der Waals surface area contributed by atoms with E-state index in [1.165, 1.54) is 0 Å². The molecule has 0 aliphatic heterocycles. The first kappa shape index (κ1) is 10.5. The van der Waals surface area contributed by atoms with Gasteiger partial charge in [0.1, 0.15) is 0 Å². The Morgan fingerprint density at radius 1 is 1.38 bits per heavy atom. The highest BCUT2D eigenvalue weighted by Gasteiger charge is 2.01. The summed E-state index contributed by atoms with van der Waals surface area (Å²) >= 11 is 0. The van der Waals surface area contributed by atoms with Gasteiger partial charge in [0.25, 0.3) is 0 Å². The molecule has 2 nitrogen and oxygen atoms in total. The Bertz CT molecular complexity index is 538. The largest absolute Gasteiger partial charge is 0.383 e. The zero-order chi connectivity index (χ0) is 11.4. The van der Waals surface area contributed by atoms with Crippen LogP contribution in [0, 0.1) is 19.3 Å². The lowest BCUT2D eigenvalue weighted by Crippen LogP contribution is -2.02. The molecular weight excluding hydrogens is 196 g/mol. The van der Waals surface area contributed by atoms with Crippen LogP contribution >= 0.6 is 0 Å². The topological polar surface area (TPSA) is 24.9 Å². The predicted octanol–water partition coefficient (Wildman–Crippen LogP) is 2.98. The zero-order valence-corrected chi connectivity index (χ0v) is 9.33. The van der Waals surface area contributed by atoms with Gasteiger partial charge in [-0.15, -0.1) is 12.3 Å². The third kappa shape index (κ3) is 2.14. The van der Waals surface area contributed by atoms with Crippen LogP contribution in [0.25, 0.3) is 10.9 Å². The minimum absolute atomic E-state index is 0.732. The van der Waals surface area contributed by atoms with E-state index < -0.39 is 0 Å². The van der Waals surface area contributed by atoms with E-state index >= 15 is 0 Å². The van der Waals surface area contributed by atoms with E-state index in [0.717, 1.165) is 35.2 Å². The van der Waals surface area contributed by atoms with E-state index in [9.17, 15) is 0 Å². The summed E-state index contributed by atoms with van der Waals surface area (Å²) in [6, 6.07) is 10.2. The molecule has 0 aliphatic rings. The van der Waals surface area contributed by atoms with Gasteiger partial charge in [-0.2, -0.15) is 0 Å². The molecule has 2 heteroatoms. The van der Waals surface area contributed by atoms with E-state index in [4.69, 9.17) is 6.42 Å². The molecule has 1 aromatic carbocycles. The highest BCUT2D eigenvalue weighted by atomic mass is 14.9. The molecule has 0 saturated carbocycles. The molecule has 1 aromatic heterocycles. The fourth-order valence-corrected chi connectivity index (χ4v) is 1.72. The Hall–Kier alpha value is -2.01. The summed E-state index contributed by atoms with van der Waals surface area (Å²) in [6.45, 7) is 2.79. The summed E-state index contributed by atoms with van der Waals surface area (Å²) < 4.78 is 0. The molecule has 80 valence electrons. The van der Waals surface area contributed by atoms with Crippen molar-refractivity contribution in [2.75, 3.05) is 11.9 Å². The Kier molecular flexibility index (Phi) is 3.07. The molecule has 0 unspecified atom stereocenters. The van der Waals surface area contributed by atoms with Crippen molar-refractivity contribution in [3.8, 4) is 12.3 Å². The second-order valence-electron chi connectivity index (χ2n) is 3.71. The van der Waals surface area contributed by atoms with Crippen LogP contribution in [0.15, 0.2) is 30.3 Å². The number of aryl methyl sites for hydroxylation is 1. The number of fused-ring (bicyclic) bond motifs is 1. The quantitative estimate of drug-likeness (QED) is 0.622. The Morgan fingerprint density at radius 3 is 3.00 bits per heavy atom. The van der Waals surface area contributed by atoms with Crippen LogP contribution in [0.1, 0.15) is 12.1 Å². The Morgan fingerprint density at radius 2 is 2.19 bits per heavy atom. The molecular formula is C14H14N2. The van der Waals surface area contributed by atoms with Crippen molar-refractivity contribution in [3.63, 3.8) is 0 Å². The minimum atomic E-state index is 0.732. The van der Waals surface area contributed by atoms with Gasteiger partial charge >= 0.3 is 0 Å². The molecule has 1 heterocycles. The molecule has 0 amide bonds. The second-order valence-corrected chi connectivity index (χ2v) is 3.71. The molecule has 2 aromatic rings. The predicted molar refractivity (Wildman–Crippen MR) is 68.4 cm³/mol. The number of nitrogens with zero attached hydrogens (tertiary/aromatic N) is 1. The highest BCUT2D eigenvalue weighted by molar-refractivity contribution is 5.91. The molecule has 0 saturated heterocycles. The third-order valence-corrected chi connectivity index (χ3v) is 2.43. The number of nitrogens with one attached hydrogen (secondary N) is 1. The maximum absolute atomic E-state index is 5.23. The van der Waals surface area contributed by atoms with E-state index in [1.807, 2.05) is 25.1 Å². The third-order valence-electron chi connectivity index (χ3n) is 2.43. The summed E-state index contributed by atoms with van der Waals surface area (Å²) in [4.78, 5) is 4.48. The van der Waals surface area contributed by atoms with Gasteiger partial charge in [0, 0.05) is 29.7 Å². The lowest BCUT2D eigenvalue weighted by molar-refractivity contribution is 1.10. The molecule has 0 fully saturated rings. The van der Waals surface area contributed by atoms with Crippen LogP contribution in [0.5, 0.6) is 0 Å². The first-order valence-electron chi connectivity index (χ1n) is 5.35. The number of rotatable bonds is 3. The standard InChI is InChI=1S/C14H14N2/c1-3-4-9-15-14-10-11(2)16-13-8-6-5-7-12(13)14/h1,5-8,10H,4,9H2,2H3,(H,15,16). The second kappa shape index (κ2) is 4.67. The van der Waals surface area contributed by atoms with Crippen LogP contribution in [-0.2, 0) is 0 Å². The van der Waals surface area contributed by atoms with Crippen molar-refractivity contribution in [2.24, 2.45) is 0 Å². The van der Waals surface area contributed by atoms with Gasteiger partial charge in [-0.3, -0.25) is 4.98 Å². The van der Waals surface area contributed by atoms with E-state index in [1.54, 1.807) is 0 Å². The molecule has 0 bridgehead atoms. The first-order chi connectivity index (χ1) is 7.81. The van der Waals surface area contributed by atoms with Gasteiger partial charge in [0.2, 0.25) is 0 Å². The number of pyridine rings is 1. The maximum Gasteiger partial charge on any atom is 0.0725 e. The SMILES string of the molecule is C#CCCNc1cc(C)nc2ccccc12. The molecule has 16 heavy (non-hydrogen) atoms. The fourth-order valence-electron chi connectivity index (χ4n) is 1.72. The number of benzene rings is 1. The van der Waals surface area contributed by atoms with Gasteiger partial charge in [-0.05, 0) is 19.1 Å². The van der Waals surface area contributed by atoms with E-state index in [0.29, 0.717) is 0 Å². The summed E-state index contributed by atoms with van der Waals surface area (Å²) in [5.41, 5.74) is 3.14. The van der Waals surface area contributed by atoms with Gasteiger partial charge < -0.3 is 5.32 Å². The molecule has 0 radical (unpaired) electrons. The smallest absolute Gasteiger partial charge is 0.0725 e. The number of hydrogen-bond acceptors (Lipinski definition) is 2. The van der Waals surface area contributed by atoms with Crippen molar-refractivity contribution in [1.82, 2.24) is 4.98 Å². The van der Waals surface area contributed by atoms with Crippen molar-refractivity contribution >= 4 is 16.6 Å². The average molecular weight is 210 g/mol. The van der Waals surface area contributed by atoms with E-state index in [2.05, 4.69) is 28.4 Å². The monoisotopic (exact) mass is 210 g/mol. The Balaban J connectivity index is 2.39. The van der Waals surface area contributed by atoms with Crippen molar-refractivity contribution in [2.45, 2.75) is 13.3 Å². The summed E-state index contributed by atoms with van der Waals surface area (Å²) in [7, 11) is 0. The van der Waals surface area contributed by atoms with Gasteiger partial charge in [0.15, 0.2) is 0 Å². The molecule has 0 atom stereocenters. The zero-order valence-electron chi connectivity index (χ0n) is 9.33. The maximum atomic E-state index is 5.23. The van der Waals surface area contributed by atoms with Crippen molar-refractivity contribution in [1.29, 1.82) is 0 Å². The number of anilines is 1. The first-order valence-corrected chi connectivity index (χ1v) is 5.35.